The number of carbonyl (C=O) groups excluding carboxylic acids is 1. The Labute approximate surface area is 115 Å². The Morgan fingerprint density at radius 3 is 2.20 bits per heavy atom. The number of aliphatic hydroxyl groups excluding tert-OH is 1. The van der Waals surface area contributed by atoms with E-state index >= 15 is 0 Å². The number of carboxylic acid groups (broad SMARTS) is 1. The highest BCUT2D eigenvalue weighted by atomic mass is 32.2. The van der Waals surface area contributed by atoms with Crippen molar-refractivity contribution in [2.75, 3.05) is 18.2 Å². The Balaban J connectivity index is 2.70. The molecule has 110 valence electrons. The van der Waals surface area contributed by atoms with Gasteiger partial charge in [-0.2, -0.15) is 0 Å². The van der Waals surface area contributed by atoms with Crippen molar-refractivity contribution in [2.45, 2.75) is 10.9 Å². The van der Waals surface area contributed by atoms with Gasteiger partial charge in [-0.15, -0.1) is 0 Å². The molecule has 1 rings (SSSR count). The van der Waals surface area contributed by atoms with Crippen molar-refractivity contribution < 1.29 is 28.2 Å². The monoisotopic (exact) mass is 302 g/mol. The number of hydrogen-bond acceptors (Lipinski definition) is 5. The van der Waals surface area contributed by atoms with Crippen LogP contribution in [0.2, 0.25) is 0 Å². The molecule has 1 aromatic carbocycles. The zero-order valence-electron chi connectivity index (χ0n) is 10.5. The van der Waals surface area contributed by atoms with Crippen LogP contribution in [0.25, 0.3) is 0 Å². The van der Waals surface area contributed by atoms with E-state index in [0.29, 0.717) is 0 Å². The van der Waals surface area contributed by atoms with Crippen molar-refractivity contribution in [3.05, 3.63) is 24.3 Å². The highest BCUT2D eigenvalue weighted by molar-refractivity contribution is 7.90. The van der Waals surface area contributed by atoms with Crippen LogP contribution < -0.4 is 10.6 Å². The van der Waals surface area contributed by atoms with E-state index in [1.807, 2.05) is 5.32 Å². The van der Waals surface area contributed by atoms with Crippen LogP contribution in [0.15, 0.2) is 29.2 Å². The molecule has 1 atom stereocenters. The Morgan fingerprint density at radius 2 is 1.80 bits per heavy atom. The lowest BCUT2D eigenvalue weighted by atomic mass is 10.3. The number of hydrogen-bond donors (Lipinski definition) is 4. The van der Waals surface area contributed by atoms with Gasteiger partial charge in [0.1, 0.15) is 0 Å². The highest BCUT2D eigenvalue weighted by Crippen LogP contribution is 2.13. The van der Waals surface area contributed by atoms with Gasteiger partial charge < -0.3 is 20.8 Å². The van der Waals surface area contributed by atoms with Gasteiger partial charge >= 0.3 is 12.0 Å². The first-order valence-electron chi connectivity index (χ1n) is 5.45. The van der Waals surface area contributed by atoms with Crippen molar-refractivity contribution in [1.29, 1.82) is 0 Å². The molecule has 0 bridgehead atoms. The topological polar surface area (TPSA) is 133 Å². The molecule has 1 unspecified atom stereocenters. The zero-order chi connectivity index (χ0) is 15.3. The molecule has 9 heteroatoms. The Hall–Kier alpha value is -2.13. The minimum Gasteiger partial charge on any atom is -0.480 e. The van der Waals surface area contributed by atoms with Crippen LogP contribution in [0, 0.1) is 0 Å². The molecular weight excluding hydrogens is 288 g/mol. The van der Waals surface area contributed by atoms with E-state index in [-0.39, 0.29) is 10.6 Å². The number of nitrogens with one attached hydrogen (secondary N) is 2. The number of carboxylic acids is 1. The van der Waals surface area contributed by atoms with Crippen LogP contribution in [-0.2, 0) is 14.6 Å². The van der Waals surface area contributed by atoms with E-state index in [2.05, 4.69) is 5.32 Å². The third-order valence-corrected chi connectivity index (χ3v) is 3.45. The summed E-state index contributed by atoms with van der Waals surface area (Å²) in [5, 5.41) is 21.8. The van der Waals surface area contributed by atoms with Gasteiger partial charge in [0.05, 0.1) is 11.5 Å². The average Bonchev–Trinajstić information content (AvgIpc) is 2.35. The normalized spacial score (nSPS) is 12.5. The first kappa shape index (κ1) is 15.9. The number of urea groups is 1. The molecule has 20 heavy (non-hydrogen) atoms. The maximum Gasteiger partial charge on any atom is 0.328 e. The van der Waals surface area contributed by atoms with Crippen molar-refractivity contribution >= 4 is 27.5 Å². The minimum absolute atomic E-state index is 0.0993. The summed E-state index contributed by atoms with van der Waals surface area (Å²) >= 11 is 0. The van der Waals surface area contributed by atoms with Crippen LogP contribution in [-0.4, -0.2) is 49.5 Å². The van der Waals surface area contributed by atoms with Crippen LogP contribution in [0.3, 0.4) is 0 Å². The Kier molecular flexibility index (Phi) is 5.06. The molecule has 0 aliphatic heterocycles. The summed E-state index contributed by atoms with van der Waals surface area (Å²) in [7, 11) is -3.32. The van der Waals surface area contributed by atoms with Gasteiger partial charge in [-0.1, -0.05) is 0 Å². The number of sulfone groups is 1. The molecule has 0 saturated heterocycles. The molecule has 4 N–H and O–H groups in total. The van der Waals surface area contributed by atoms with Crippen molar-refractivity contribution in [1.82, 2.24) is 5.32 Å². The third-order valence-electron chi connectivity index (χ3n) is 2.33. The summed E-state index contributed by atoms with van der Waals surface area (Å²) in [5.41, 5.74) is 0.289. The highest BCUT2D eigenvalue weighted by Gasteiger charge is 2.18. The summed E-state index contributed by atoms with van der Waals surface area (Å²) < 4.78 is 22.5. The van der Waals surface area contributed by atoms with Gasteiger partial charge in [-0.05, 0) is 24.3 Å². The number of benzene rings is 1. The van der Waals surface area contributed by atoms with Gasteiger partial charge in [0.25, 0.3) is 0 Å². The van der Waals surface area contributed by atoms with Gasteiger partial charge in [-0.25, -0.2) is 18.0 Å². The van der Waals surface area contributed by atoms with E-state index in [1.54, 1.807) is 0 Å². The van der Waals surface area contributed by atoms with E-state index in [9.17, 15) is 18.0 Å². The molecule has 0 heterocycles. The fourth-order valence-corrected chi connectivity index (χ4v) is 1.93. The first-order valence-corrected chi connectivity index (χ1v) is 7.34. The molecule has 0 fully saturated rings. The van der Waals surface area contributed by atoms with E-state index < -0.39 is 34.5 Å². The minimum atomic E-state index is -3.32. The quantitative estimate of drug-likeness (QED) is 0.588. The Morgan fingerprint density at radius 1 is 1.25 bits per heavy atom. The number of amides is 2. The number of aliphatic carboxylic acids is 1. The summed E-state index contributed by atoms with van der Waals surface area (Å²) in [5.74, 6) is -1.37. The fourth-order valence-electron chi connectivity index (χ4n) is 1.30. The predicted octanol–water partition coefficient (Wildman–Crippen LogP) is -0.343. The molecule has 0 radical (unpaired) electrons. The second kappa shape index (κ2) is 6.35. The largest absolute Gasteiger partial charge is 0.480 e. The molecule has 0 aliphatic carbocycles. The molecule has 8 nitrogen and oxygen atoms in total. The van der Waals surface area contributed by atoms with Crippen LogP contribution in [0.1, 0.15) is 0 Å². The number of carbonyl (C=O) groups is 2. The van der Waals surface area contributed by atoms with E-state index in [0.717, 1.165) is 6.26 Å². The predicted molar refractivity (Wildman–Crippen MR) is 70.2 cm³/mol. The molecule has 0 saturated carbocycles. The van der Waals surface area contributed by atoms with E-state index in [1.165, 1.54) is 24.3 Å². The summed E-state index contributed by atoms with van der Waals surface area (Å²) in [6.45, 7) is -0.740. The zero-order valence-corrected chi connectivity index (χ0v) is 11.3. The van der Waals surface area contributed by atoms with Gasteiger partial charge in [-0.3, -0.25) is 0 Å². The molecule has 0 aliphatic rings. The molecular formula is C11H14N2O6S. The summed E-state index contributed by atoms with van der Waals surface area (Å²) in [6, 6.07) is 3.12. The lowest BCUT2D eigenvalue weighted by Crippen LogP contribution is -2.45. The number of aliphatic hydroxyl groups is 1. The van der Waals surface area contributed by atoms with Gasteiger partial charge in [0, 0.05) is 11.9 Å². The standard InChI is InChI=1S/C11H14N2O6S/c1-20(18,19)8-4-2-7(3-5-8)12-11(17)13-9(6-14)10(15)16/h2-5,9,14H,6H2,1H3,(H,15,16)(H2,12,13,17). The smallest absolute Gasteiger partial charge is 0.328 e. The van der Waals surface area contributed by atoms with Crippen molar-refractivity contribution in [3.8, 4) is 0 Å². The first-order chi connectivity index (χ1) is 9.24. The summed E-state index contributed by atoms with van der Waals surface area (Å²) in [6.07, 6.45) is 1.06. The van der Waals surface area contributed by atoms with Crippen LogP contribution in [0.5, 0.6) is 0 Å². The van der Waals surface area contributed by atoms with E-state index in [4.69, 9.17) is 10.2 Å². The summed E-state index contributed by atoms with van der Waals surface area (Å²) in [4.78, 5) is 22.2. The lowest BCUT2D eigenvalue weighted by Gasteiger charge is -2.12. The SMILES string of the molecule is CS(=O)(=O)c1ccc(NC(=O)NC(CO)C(=O)O)cc1. The third kappa shape index (κ3) is 4.52. The van der Waals surface area contributed by atoms with Crippen molar-refractivity contribution in [2.24, 2.45) is 0 Å². The molecule has 0 spiro atoms. The Bertz CT molecular complexity index is 596. The number of rotatable bonds is 5. The molecule has 2 amide bonds. The lowest BCUT2D eigenvalue weighted by molar-refractivity contribution is -0.140. The maximum absolute atomic E-state index is 11.5. The van der Waals surface area contributed by atoms with Gasteiger partial charge in [0.2, 0.25) is 0 Å². The van der Waals surface area contributed by atoms with Crippen molar-refractivity contribution in [3.63, 3.8) is 0 Å². The van der Waals surface area contributed by atoms with Gasteiger partial charge in [0.15, 0.2) is 15.9 Å². The van der Waals surface area contributed by atoms with Crippen LogP contribution >= 0.6 is 0 Å². The maximum atomic E-state index is 11.5. The van der Waals surface area contributed by atoms with Crippen LogP contribution in [0.4, 0.5) is 10.5 Å². The fraction of sp³-hybridized carbons (Fsp3) is 0.273. The molecule has 1 aromatic rings. The second-order valence-corrected chi connectivity index (χ2v) is 5.98. The molecule has 0 aromatic heterocycles. The average molecular weight is 302 g/mol. The number of anilines is 1. The second-order valence-electron chi connectivity index (χ2n) is 3.97.